The monoisotopic (exact) mass is 299 g/mol. The highest BCUT2D eigenvalue weighted by Crippen LogP contribution is 2.50. The number of rotatable bonds is 3. The minimum atomic E-state index is -0.632. The molecule has 2 aliphatic rings. The average Bonchev–Trinajstić information content (AvgIpc) is 2.91. The summed E-state index contributed by atoms with van der Waals surface area (Å²) in [5, 5.41) is 4.69. The highest BCUT2D eigenvalue weighted by Gasteiger charge is 2.58. The smallest absolute Gasteiger partial charge is 0.241 e. The molecule has 2 fully saturated rings. The molecular formula is C16H21N5O. The molecule has 4 rings (SSSR count). The van der Waals surface area contributed by atoms with E-state index in [1.54, 1.807) is 0 Å². The van der Waals surface area contributed by atoms with Crippen molar-refractivity contribution >= 4 is 11.6 Å². The van der Waals surface area contributed by atoms with Gasteiger partial charge in [0.05, 0.1) is 11.2 Å². The molecule has 3 N–H and O–H groups in total. The number of hydrazine groups is 1. The molecule has 3 atom stereocenters. The van der Waals surface area contributed by atoms with Gasteiger partial charge in [-0.15, -0.1) is 0 Å². The Balaban J connectivity index is 1.60. The summed E-state index contributed by atoms with van der Waals surface area (Å²) in [6, 6.07) is 5.84. The topological polar surface area (TPSA) is 75.7 Å². The summed E-state index contributed by atoms with van der Waals surface area (Å²) in [4.78, 5) is 17.3. The second-order valence-electron chi connectivity index (χ2n) is 6.87. The number of aromatic nitrogens is 2. The number of amides is 1. The number of nitrogens with zero attached hydrogens (tertiary/aromatic N) is 3. The number of nitrogens with one attached hydrogen (secondary N) is 1. The summed E-state index contributed by atoms with van der Waals surface area (Å²) in [6.45, 7) is 5.76. The number of hydrogen-bond donors (Lipinski definition) is 2. The fourth-order valence-electron chi connectivity index (χ4n) is 3.57. The lowest BCUT2D eigenvalue weighted by atomic mass is 9.99. The van der Waals surface area contributed by atoms with Gasteiger partial charge in [-0.05, 0) is 50.9 Å². The second-order valence-corrected chi connectivity index (χ2v) is 6.87. The molecule has 2 aromatic heterocycles. The van der Waals surface area contributed by atoms with Crippen LogP contribution in [0, 0.1) is 17.8 Å². The second kappa shape index (κ2) is 4.54. The van der Waals surface area contributed by atoms with Crippen LogP contribution in [0.3, 0.4) is 0 Å². The van der Waals surface area contributed by atoms with Gasteiger partial charge < -0.3 is 9.72 Å². The fraction of sp³-hybridized carbons (Fsp3) is 0.500. The Morgan fingerprint density at radius 3 is 2.82 bits per heavy atom. The number of piperidine rings is 1. The zero-order valence-electron chi connectivity index (χ0n) is 12.9. The maximum Gasteiger partial charge on any atom is 0.241 e. The van der Waals surface area contributed by atoms with E-state index in [1.807, 2.05) is 48.8 Å². The number of carbonyl (C=O) groups excluding carboxylic acids is 1. The molecule has 3 heterocycles. The van der Waals surface area contributed by atoms with E-state index in [1.165, 1.54) is 5.01 Å². The van der Waals surface area contributed by atoms with Crippen LogP contribution in [0.4, 0.5) is 0 Å². The van der Waals surface area contributed by atoms with E-state index in [0.29, 0.717) is 11.8 Å². The van der Waals surface area contributed by atoms with Crippen LogP contribution in [0.2, 0.25) is 0 Å². The zero-order valence-corrected chi connectivity index (χ0v) is 12.9. The Morgan fingerprint density at radius 1 is 1.41 bits per heavy atom. The highest BCUT2D eigenvalue weighted by molar-refractivity contribution is 5.83. The summed E-state index contributed by atoms with van der Waals surface area (Å²) < 4.78 is 1.95. The van der Waals surface area contributed by atoms with Crippen molar-refractivity contribution in [1.82, 2.24) is 19.7 Å². The van der Waals surface area contributed by atoms with E-state index in [9.17, 15) is 4.79 Å². The standard InChI is InChI=1S/C16H21N5O/c1-16(2,12-9-20-6-4-3-5-13(20)19-12)21(17)15(22)14-10-7-18-8-11(10)14/h3-6,9-11,14,18H,7-8,17H2,1-2H3/t10-,11+,14?. The minimum Gasteiger partial charge on any atom is -0.316 e. The van der Waals surface area contributed by atoms with Gasteiger partial charge >= 0.3 is 0 Å². The maximum absolute atomic E-state index is 12.7. The van der Waals surface area contributed by atoms with Crippen LogP contribution in [-0.4, -0.2) is 33.4 Å². The summed E-state index contributed by atoms with van der Waals surface area (Å²) in [7, 11) is 0. The van der Waals surface area contributed by atoms with Gasteiger partial charge in [0.15, 0.2) is 0 Å². The third kappa shape index (κ3) is 1.87. The molecule has 6 nitrogen and oxygen atoms in total. The highest BCUT2D eigenvalue weighted by atomic mass is 16.2. The van der Waals surface area contributed by atoms with Gasteiger partial charge in [-0.25, -0.2) is 10.8 Å². The molecule has 1 saturated carbocycles. The largest absolute Gasteiger partial charge is 0.316 e. The van der Waals surface area contributed by atoms with Crippen molar-refractivity contribution in [3.63, 3.8) is 0 Å². The van der Waals surface area contributed by atoms with Crippen LogP contribution in [0.25, 0.3) is 5.65 Å². The molecule has 2 aromatic rings. The van der Waals surface area contributed by atoms with Crippen molar-refractivity contribution in [2.75, 3.05) is 13.1 Å². The lowest BCUT2D eigenvalue weighted by molar-refractivity contribution is -0.139. The number of imidazole rings is 1. The Kier molecular flexibility index (Phi) is 2.83. The van der Waals surface area contributed by atoms with Crippen molar-refractivity contribution in [2.45, 2.75) is 19.4 Å². The van der Waals surface area contributed by atoms with Gasteiger partial charge in [0.1, 0.15) is 5.65 Å². The molecule has 22 heavy (non-hydrogen) atoms. The van der Waals surface area contributed by atoms with Gasteiger partial charge in [0, 0.05) is 18.3 Å². The number of nitrogens with two attached hydrogens (primary N) is 1. The zero-order chi connectivity index (χ0) is 15.5. The summed E-state index contributed by atoms with van der Waals surface area (Å²) >= 11 is 0. The molecular weight excluding hydrogens is 278 g/mol. The van der Waals surface area contributed by atoms with Gasteiger partial charge in [-0.2, -0.15) is 0 Å². The quantitative estimate of drug-likeness (QED) is 0.498. The predicted molar refractivity (Wildman–Crippen MR) is 82.6 cm³/mol. The first kappa shape index (κ1) is 13.7. The first-order chi connectivity index (χ1) is 10.5. The van der Waals surface area contributed by atoms with Crippen molar-refractivity contribution in [2.24, 2.45) is 23.6 Å². The molecule has 0 bridgehead atoms. The van der Waals surface area contributed by atoms with Crippen molar-refractivity contribution in [1.29, 1.82) is 0 Å². The summed E-state index contributed by atoms with van der Waals surface area (Å²) in [5.41, 5.74) is 1.03. The van der Waals surface area contributed by atoms with E-state index in [-0.39, 0.29) is 11.8 Å². The Hall–Kier alpha value is -1.92. The molecule has 0 spiro atoms. The van der Waals surface area contributed by atoms with E-state index in [4.69, 9.17) is 5.84 Å². The van der Waals surface area contributed by atoms with Crippen molar-refractivity contribution < 1.29 is 4.79 Å². The van der Waals surface area contributed by atoms with Crippen LogP contribution in [0.5, 0.6) is 0 Å². The third-order valence-electron chi connectivity index (χ3n) is 5.21. The SMILES string of the molecule is CC(C)(c1cn2ccccc2n1)N(N)C(=O)C1[C@H]2CNC[C@@H]12. The molecule has 0 aromatic carbocycles. The molecule has 1 aliphatic heterocycles. The van der Waals surface area contributed by atoms with Crippen LogP contribution in [0.15, 0.2) is 30.6 Å². The molecule has 116 valence electrons. The average molecular weight is 299 g/mol. The first-order valence-electron chi connectivity index (χ1n) is 7.74. The number of hydrogen-bond acceptors (Lipinski definition) is 4. The van der Waals surface area contributed by atoms with E-state index >= 15 is 0 Å². The van der Waals surface area contributed by atoms with Crippen LogP contribution < -0.4 is 11.2 Å². The van der Waals surface area contributed by atoms with Gasteiger partial charge in [0.2, 0.25) is 5.91 Å². The van der Waals surface area contributed by atoms with E-state index < -0.39 is 5.54 Å². The normalized spacial score (nSPS) is 27.0. The van der Waals surface area contributed by atoms with Crippen LogP contribution >= 0.6 is 0 Å². The molecule has 1 amide bonds. The summed E-state index contributed by atoms with van der Waals surface area (Å²) in [6.07, 6.45) is 3.89. The third-order valence-corrected chi connectivity index (χ3v) is 5.21. The predicted octanol–water partition coefficient (Wildman–Crippen LogP) is 0.737. The number of carbonyl (C=O) groups is 1. The van der Waals surface area contributed by atoms with Crippen LogP contribution in [0.1, 0.15) is 19.5 Å². The first-order valence-corrected chi connectivity index (χ1v) is 7.74. The van der Waals surface area contributed by atoms with E-state index in [0.717, 1.165) is 24.4 Å². The van der Waals surface area contributed by atoms with Crippen molar-refractivity contribution in [3.05, 3.63) is 36.3 Å². The van der Waals surface area contributed by atoms with Crippen LogP contribution in [-0.2, 0) is 10.3 Å². The Morgan fingerprint density at radius 2 is 2.14 bits per heavy atom. The van der Waals surface area contributed by atoms with Gasteiger partial charge in [-0.3, -0.25) is 9.80 Å². The minimum absolute atomic E-state index is 0.0403. The molecule has 6 heteroatoms. The van der Waals surface area contributed by atoms with Gasteiger partial charge in [0.25, 0.3) is 0 Å². The lowest BCUT2D eigenvalue weighted by Crippen LogP contribution is -2.52. The van der Waals surface area contributed by atoms with Gasteiger partial charge in [-0.1, -0.05) is 6.07 Å². The maximum atomic E-state index is 12.7. The molecule has 0 radical (unpaired) electrons. The Labute approximate surface area is 129 Å². The molecule has 1 unspecified atom stereocenters. The lowest BCUT2D eigenvalue weighted by Gasteiger charge is -2.34. The molecule has 1 saturated heterocycles. The molecule has 1 aliphatic carbocycles. The van der Waals surface area contributed by atoms with Crippen molar-refractivity contribution in [3.8, 4) is 0 Å². The number of pyridine rings is 1. The summed E-state index contributed by atoms with van der Waals surface area (Å²) in [5.74, 6) is 7.27. The number of fused-ring (bicyclic) bond motifs is 2. The van der Waals surface area contributed by atoms with E-state index in [2.05, 4.69) is 10.3 Å². The Bertz CT molecular complexity index is 694. The fourth-order valence-corrected chi connectivity index (χ4v) is 3.57.